The summed E-state index contributed by atoms with van der Waals surface area (Å²) in [5.41, 5.74) is 1.76. The molecule has 2 unspecified atom stereocenters. The van der Waals surface area contributed by atoms with Crippen LogP contribution < -0.4 is 10.2 Å². The van der Waals surface area contributed by atoms with Crippen LogP contribution in [-0.2, 0) is 9.59 Å². The summed E-state index contributed by atoms with van der Waals surface area (Å²) in [7, 11) is 0. The summed E-state index contributed by atoms with van der Waals surface area (Å²) >= 11 is 0. The molecule has 0 spiro atoms. The lowest BCUT2D eigenvalue weighted by Crippen LogP contribution is -2.33. The van der Waals surface area contributed by atoms with Crippen LogP contribution in [0.2, 0.25) is 0 Å². The van der Waals surface area contributed by atoms with Gasteiger partial charge in [0.25, 0.3) is 0 Å². The van der Waals surface area contributed by atoms with Gasteiger partial charge in [-0.2, -0.15) is 0 Å². The molecule has 4 nitrogen and oxygen atoms in total. The highest BCUT2D eigenvalue weighted by molar-refractivity contribution is 6.04. The highest BCUT2D eigenvalue weighted by Crippen LogP contribution is 2.41. The maximum atomic E-state index is 13.7. The number of hydrogen-bond acceptors (Lipinski definition) is 2. The molecule has 1 N–H and O–H groups in total. The number of amides is 2. The quantitative estimate of drug-likeness (QED) is 0.881. The second kappa shape index (κ2) is 7.23. The molecule has 26 heavy (non-hydrogen) atoms. The maximum Gasteiger partial charge on any atom is 0.230 e. The zero-order valence-corrected chi connectivity index (χ0v) is 14.6. The van der Waals surface area contributed by atoms with Gasteiger partial charge in [0, 0.05) is 18.3 Å². The van der Waals surface area contributed by atoms with Crippen LogP contribution in [0.4, 0.5) is 20.2 Å². The van der Waals surface area contributed by atoms with Crippen LogP contribution in [-0.4, -0.2) is 18.4 Å². The van der Waals surface area contributed by atoms with E-state index in [2.05, 4.69) is 5.32 Å². The molecule has 1 aliphatic rings. The summed E-state index contributed by atoms with van der Waals surface area (Å²) in [5.74, 6) is -3.00. The number of aryl methyl sites for hydroxylation is 1. The van der Waals surface area contributed by atoms with E-state index in [1.807, 2.05) is 38.1 Å². The van der Waals surface area contributed by atoms with Gasteiger partial charge in [-0.25, -0.2) is 8.78 Å². The summed E-state index contributed by atoms with van der Waals surface area (Å²) in [5, 5.41) is 2.44. The van der Waals surface area contributed by atoms with E-state index in [9.17, 15) is 18.4 Å². The van der Waals surface area contributed by atoms with Gasteiger partial charge in [0.2, 0.25) is 11.8 Å². The summed E-state index contributed by atoms with van der Waals surface area (Å²) in [6, 6.07) is 10.6. The molecule has 2 atom stereocenters. The number of benzene rings is 2. The third-order valence-corrected chi connectivity index (χ3v) is 4.53. The number of rotatable bonds is 5. The SMILES string of the molecule is CCN(C(=O)C1CC1C(=O)Nc1ccc(F)cc1F)c1cccc(C)c1. The van der Waals surface area contributed by atoms with Gasteiger partial charge in [-0.1, -0.05) is 12.1 Å². The number of nitrogens with zero attached hydrogens (tertiary/aromatic N) is 1. The van der Waals surface area contributed by atoms with E-state index in [0.717, 1.165) is 17.3 Å². The largest absolute Gasteiger partial charge is 0.323 e. The predicted octanol–water partition coefficient (Wildman–Crippen LogP) is 3.90. The van der Waals surface area contributed by atoms with E-state index < -0.39 is 29.4 Å². The molecule has 0 aromatic heterocycles. The molecule has 1 saturated carbocycles. The molecule has 0 aliphatic heterocycles. The van der Waals surface area contributed by atoms with Gasteiger partial charge in [0.1, 0.15) is 11.6 Å². The molecule has 1 aliphatic carbocycles. The Hall–Kier alpha value is -2.76. The first-order valence-corrected chi connectivity index (χ1v) is 8.54. The van der Waals surface area contributed by atoms with Crippen molar-refractivity contribution >= 4 is 23.2 Å². The molecule has 0 radical (unpaired) electrons. The minimum atomic E-state index is -0.836. The molecule has 0 saturated heterocycles. The van der Waals surface area contributed by atoms with Gasteiger partial charge in [0.05, 0.1) is 17.5 Å². The van der Waals surface area contributed by atoms with Crippen molar-refractivity contribution in [2.75, 3.05) is 16.8 Å². The first-order chi connectivity index (χ1) is 12.4. The van der Waals surface area contributed by atoms with Crippen LogP contribution >= 0.6 is 0 Å². The Labute approximate surface area is 150 Å². The van der Waals surface area contributed by atoms with Crippen molar-refractivity contribution in [3.8, 4) is 0 Å². The van der Waals surface area contributed by atoms with Crippen LogP contribution in [0.3, 0.4) is 0 Å². The van der Waals surface area contributed by atoms with Crippen LogP contribution in [0.25, 0.3) is 0 Å². The summed E-state index contributed by atoms with van der Waals surface area (Å²) < 4.78 is 26.6. The molecular weight excluding hydrogens is 338 g/mol. The number of nitrogens with one attached hydrogen (secondary N) is 1. The second-order valence-electron chi connectivity index (χ2n) is 6.48. The smallest absolute Gasteiger partial charge is 0.230 e. The summed E-state index contributed by atoms with van der Waals surface area (Å²) in [6.07, 6.45) is 0.426. The molecule has 1 fully saturated rings. The van der Waals surface area contributed by atoms with Gasteiger partial charge in [-0.3, -0.25) is 9.59 Å². The minimum Gasteiger partial charge on any atom is -0.323 e. The Morgan fingerprint density at radius 3 is 2.58 bits per heavy atom. The molecule has 6 heteroatoms. The lowest BCUT2D eigenvalue weighted by molar-refractivity contribution is -0.123. The predicted molar refractivity (Wildman–Crippen MR) is 95.8 cm³/mol. The first kappa shape index (κ1) is 18.0. The second-order valence-corrected chi connectivity index (χ2v) is 6.48. The fourth-order valence-corrected chi connectivity index (χ4v) is 3.04. The molecular formula is C20H20F2N2O2. The van der Waals surface area contributed by atoms with Crippen LogP contribution in [0.15, 0.2) is 42.5 Å². The lowest BCUT2D eigenvalue weighted by atomic mass is 10.2. The van der Waals surface area contributed by atoms with Crippen molar-refractivity contribution in [1.29, 1.82) is 0 Å². The lowest BCUT2D eigenvalue weighted by Gasteiger charge is -2.21. The Balaban J connectivity index is 1.66. The molecule has 2 aromatic carbocycles. The highest BCUT2D eigenvalue weighted by Gasteiger charge is 2.49. The van der Waals surface area contributed by atoms with Crippen LogP contribution in [0, 0.1) is 30.4 Å². The van der Waals surface area contributed by atoms with Gasteiger partial charge in [0.15, 0.2) is 0 Å². The Morgan fingerprint density at radius 1 is 1.15 bits per heavy atom. The number of halogens is 2. The topological polar surface area (TPSA) is 49.4 Å². The number of hydrogen-bond donors (Lipinski definition) is 1. The monoisotopic (exact) mass is 358 g/mol. The van der Waals surface area contributed by atoms with E-state index in [1.54, 1.807) is 4.90 Å². The highest BCUT2D eigenvalue weighted by atomic mass is 19.1. The zero-order valence-electron chi connectivity index (χ0n) is 14.6. The van der Waals surface area contributed by atoms with Crippen molar-refractivity contribution in [2.24, 2.45) is 11.8 Å². The standard InChI is InChI=1S/C20H20F2N2O2/c1-3-24(14-6-4-5-12(2)9-14)20(26)16-11-15(16)19(25)23-18-8-7-13(21)10-17(18)22/h4-10,15-16H,3,11H2,1-2H3,(H,23,25). The molecule has 2 aromatic rings. The normalized spacial score (nSPS) is 18.3. The van der Waals surface area contributed by atoms with E-state index in [1.165, 1.54) is 6.07 Å². The van der Waals surface area contributed by atoms with Crippen LogP contribution in [0.5, 0.6) is 0 Å². The van der Waals surface area contributed by atoms with E-state index in [-0.39, 0.29) is 11.6 Å². The Kier molecular flexibility index (Phi) is 5.02. The van der Waals surface area contributed by atoms with Crippen molar-refractivity contribution in [3.63, 3.8) is 0 Å². The van der Waals surface area contributed by atoms with E-state index in [4.69, 9.17) is 0 Å². The van der Waals surface area contributed by atoms with Crippen molar-refractivity contribution in [1.82, 2.24) is 0 Å². The average molecular weight is 358 g/mol. The Bertz CT molecular complexity index is 853. The van der Waals surface area contributed by atoms with Crippen molar-refractivity contribution in [2.45, 2.75) is 20.3 Å². The number of anilines is 2. The Morgan fingerprint density at radius 2 is 1.92 bits per heavy atom. The number of carbonyl (C=O) groups excluding carboxylic acids is 2. The third-order valence-electron chi connectivity index (χ3n) is 4.53. The molecule has 3 rings (SSSR count). The molecule has 0 bridgehead atoms. The fourth-order valence-electron chi connectivity index (χ4n) is 3.04. The summed E-state index contributed by atoms with van der Waals surface area (Å²) in [4.78, 5) is 26.7. The van der Waals surface area contributed by atoms with Gasteiger partial charge < -0.3 is 10.2 Å². The maximum absolute atomic E-state index is 13.7. The van der Waals surface area contributed by atoms with Crippen LogP contribution in [0.1, 0.15) is 18.9 Å². The van der Waals surface area contributed by atoms with Gasteiger partial charge in [-0.05, 0) is 50.1 Å². The molecule has 136 valence electrons. The zero-order chi connectivity index (χ0) is 18.8. The van der Waals surface area contributed by atoms with Gasteiger partial charge in [-0.15, -0.1) is 0 Å². The van der Waals surface area contributed by atoms with Crippen molar-refractivity contribution < 1.29 is 18.4 Å². The number of carbonyl (C=O) groups is 2. The molecule has 2 amide bonds. The average Bonchev–Trinajstić information content (AvgIpc) is 3.39. The van der Waals surface area contributed by atoms with Crippen molar-refractivity contribution in [3.05, 3.63) is 59.7 Å². The minimum absolute atomic E-state index is 0.0828. The van der Waals surface area contributed by atoms with Gasteiger partial charge >= 0.3 is 0 Å². The fraction of sp³-hybridized carbons (Fsp3) is 0.300. The summed E-state index contributed by atoms with van der Waals surface area (Å²) in [6.45, 7) is 4.33. The third kappa shape index (κ3) is 3.74. The van der Waals surface area contributed by atoms with E-state index in [0.29, 0.717) is 19.0 Å². The molecule has 0 heterocycles. The van der Waals surface area contributed by atoms with E-state index >= 15 is 0 Å². The first-order valence-electron chi connectivity index (χ1n) is 8.54.